The number of carbonyl (C=O) groups excluding carboxylic acids is 2. The van der Waals surface area contributed by atoms with Gasteiger partial charge in [0.2, 0.25) is 11.8 Å². The van der Waals surface area contributed by atoms with Gasteiger partial charge in [-0.15, -0.1) is 0 Å². The van der Waals surface area contributed by atoms with E-state index in [1.165, 1.54) is 0 Å². The molecule has 5 heteroatoms. The van der Waals surface area contributed by atoms with Crippen LogP contribution in [0.2, 0.25) is 0 Å². The highest BCUT2D eigenvalue weighted by atomic mass is 16.3. The molecule has 1 fully saturated rings. The normalized spacial score (nSPS) is 19.9. The molecule has 1 unspecified atom stereocenters. The van der Waals surface area contributed by atoms with Crippen LogP contribution in [0.5, 0.6) is 0 Å². The van der Waals surface area contributed by atoms with Gasteiger partial charge in [0.25, 0.3) is 0 Å². The summed E-state index contributed by atoms with van der Waals surface area (Å²) in [5, 5.41) is 13.1. The summed E-state index contributed by atoms with van der Waals surface area (Å²) < 4.78 is 0. The van der Waals surface area contributed by atoms with Gasteiger partial charge in [0, 0.05) is 25.0 Å². The molecular weight excluding hydrogens is 280 g/mol. The van der Waals surface area contributed by atoms with E-state index in [-0.39, 0.29) is 24.3 Å². The van der Waals surface area contributed by atoms with Crippen LogP contribution in [-0.4, -0.2) is 47.1 Å². The van der Waals surface area contributed by atoms with Crippen molar-refractivity contribution in [1.29, 1.82) is 0 Å². The van der Waals surface area contributed by atoms with Crippen molar-refractivity contribution in [2.75, 3.05) is 19.6 Å². The van der Waals surface area contributed by atoms with Gasteiger partial charge in [-0.1, -0.05) is 34.6 Å². The van der Waals surface area contributed by atoms with Crippen LogP contribution in [0.25, 0.3) is 0 Å². The minimum Gasteiger partial charge on any atom is -0.388 e. The third-order valence-corrected chi connectivity index (χ3v) is 4.63. The number of rotatable bonds is 5. The van der Waals surface area contributed by atoms with Crippen molar-refractivity contribution in [1.82, 2.24) is 10.2 Å². The molecule has 1 aliphatic rings. The van der Waals surface area contributed by atoms with Crippen LogP contribution in [0.15, 0.2) is 0 Å². The number of hydrogen-bond acceptors (Lipinski definition) is 3. The first kappa shape index (κ1) is 18.9. The maximum absolute atomic E-state index is 12.4. The lowest BCUT2D eigenvalue weighted by Crippen LogP contribution is -2.50. The van der Waals surface area contributed by atoms with Gasteiger partial charge >= 0.3 is 0 Å². The van der Waals surface area contributed by atoms with Crippen molar-refractivity contribution < 1.29 is 14.7 Å². The number of nitrogens with zero attached hydrogens (tertiary/aromatic N) is 1. The zero-order chi connectivity index (χ0) is 17.0. The summed E-state index contributed by atoms with van der Waals surface area (Å²) in [4.78, 5) is 26.5. The summed E-state index contributed by atoms with van der Waals surface area (Å²) in [6, 6.07) is 0. The Kier molecular flexibility index (Phi) is 6.41. The zero-order valence-electron chi connectivity index (χ0n) is 14.7. The van der Waals surface area contributed by atoms with E-state index in [0.717, 1.165) is 19.4 Å². The van der Waals surface area contributed by atoms with Gasteiger partial charge < -0.3 is 15.3 Å². The molecule has 22 heavy (non-hydrogen) atoms. The Labute approximate surface area is 134 Å². The quantitative estimate of drug-likeness (QED) is 0.815. The van der Waals surface area contributed by atoms with Gasteiger partial charge in [-0.2, -0.15) is 0 Å². The maximum atomic E-state index is 12.4. The molecule has 128 valence electrons. The molecule has 5 nitrogen and oxygen atoms in total. The highest BCUT2D eigenvalue weighted by Crippen LogP contribution is 2.24. The van der Waals surface area contributed by atoms with E-state index >= 15 is 0 Å². The minimum atomic E-state index is -0.828. The van der Waals surface area contributed by atoms with Crippen LogP contribution in [0.1, 0.15) is 60.3 Å². The van der Waals surface area contributed by atoms with Crippen LogP contribution >= 0.6 is 0 Å². The number of aliphatic hydroxyl groups is 1. The Morgan fingerprint density at radius 1 is 1.23 bits per heavy atom. The second kappa shape index (κ2) is 7.44. The smallest absolute Gasteiger partial charge is 0.227 e. The van der Waals surface area contributed by atoms with E-state index in [1.54, 1.807) is 4.90 Å². The van der Waals surface area contributed by atoms with Crippen molar-refractivity contribution in [3.63, 3.8) is 0 Å². The van der Waals surface area contributed by atoms with Crippen molar-refractivity contribution in [2.45, 2.75) is 65.9 Å². The van der Waals surface area contributed by atoms with Crippen LogP contribution in [0.4, 0.5) is 0 Å². The molecule has 0 aromatic carbocycles. The molecule has 1 heterocycles. The Balaban J connectivity index is 2.58. The molecule has 1 atom stereocenters. The van der Waals surface area contributed by atoms with Gasteiger partial charge in [-0.3, -0.25) is 9.59 Å². The first-order chi connectivity index (χ1) is 10.1. The first-order valence-electron chi connectivity index (χ1n) is 8.42. The standard InChI is InChI=1S/C17H32N2O3/c1-6-17(22,7-2)12-18-14(20)13-9-8-10-19(11-13)15(21)16(3,4)5/h13,22H,6-12H2,1-5H3,(H,18,20). The average Bonchev–Trinajstić information content (AvgIpc) is 2.50. The van der Waals surface area contributed by atoms with Crippen molar-refractivity contribution in [3.05, 3.63) is 0 Å². The fourth-order valence-corrected chi connectivity index (χ4v) is 2.75. The predicted molar refractivity (Wildman–Crippen MR) is 87.3 cm³/mol. The van der Waals surface area contributed by atoms with Gasteiger partial charge in [-0.25, -0.2) is 0 Å². The Bertz CT molecular complexity index is 397. The molecule has 0 aromatic rings. The average molecular weight is 312 g/mol. The van der Waals surface area contributed by atoms with Crippen molar-refractivity contribution in [2.24, 2.45) is 11.3 Å². The third-order valence-electron chi connectivity index (χ3n) is 4.63. The zero-order valence-corrected chi connectivity index (χ0v) is 14.7. The molecule has 0 radical (unpaired) electrons. The highest BCUT2D eigenvalue weighted by molar-refractivity contribution is 5.83. The monoisotopic (exact) mass is 312 g/mol. The number of hydrogen-bond donors (Lipinski definition) is 2. The number of piperidine rings is 1. The number of amides is 2. The predicted octanol–water partition coefficient (Wildman–Crippen LogP) is 1.94. The molecule has 1 rings (SSSR count). The molecule has 0 aromatic heterocycles. The SMILES string of the molecule is CCC(O)(CC)CNC(=O)C1CCCN(C(=O)C(C)(C)C)C1. The summed E-state index contributed by atoms with van der Waals surface area (Å²) >= 11 is 0. The molecule has 1 saturated heterocycles. The third kappa shape index (κ3) is 4.97. The van der Waals surface area contributed by atoms with Crippen molar-refractivity contribution in [3.8, 4) is 0 Å². The lowest BCUT2D eigenvalue weighted by atomic mass is 9.90. The molecule has 0 spiro atoms. The van der Waals surface area contributed by atoms with Gasteiger partial charge in [0.15, 0.2) is 0 Å². The number of carbonyl (C=O) groups is 2. The lowest BCUT2D eigenvalue weighted by Gasteiger charge is -2.36. The van der Waals surface area contributed by atoms with Gasteiger partial charge in [0.05, 0.1) is 11.5 Å². The second-order valence-corrected chi connectivity index (χ2v) is 7.49. The topological polar surface area (TPSA) is 69.6 Å². The fourth-order valence-electron chi connectivity index (χ4n) is 2.75. The second-order valence-electron chi connectivity index (χ2n) is 7.49. The van der Waals surface area contributed by atoms with E-state index in [0.29, 0.717) is 19.4 Å². The summed E-state index contributed by atoms with van der Waals surface area (Å²) in [5.41, 5.74) is -1.24. The lowest BCUT2D eigenvalue weighted by molar-refractivity contribution is -0.143. The molecule has 2 N–H and O–H groups in total. The molecule has 2 amide bonds. The fraction of sp³-hybridized carbons (Fsp3) is 0.882. The van der Waals surface area contributed by atoms with Crippen LogP contribution in [-0.2, 0) is 9.59 Å². The van der Waals surface area contributed by atoms with E-state index in [4.69, 9.17) is 0 Å². The molecule has 0 bridgehead atoms. The summed E-state index contributed by atoms with van der Waals surface area (Å²) in [5.74, 6) is -0.117. The Hall–Kier alpha value is -1.10. The van der Waals surface area contributed by atoms with E-state index < -0.39 is 11.0 Å². The largest absolute Gasteiger partial charge is 0.388 e. The van der Waals surface area contributed by atoms with Crippen LogP contribution < -0.4 is 5.32 Å². The summed E-state index contributed by atoms with van der Waals surface area (Å²) in [6.07, 6.45) is 2.88. The summed E-state index contributed by atoms with van der Waals surface area (Å²) in [6.45, 7) is 11.0. The Morgan fingerprint density at radius 2 is 1.82 bits per heavy atom. The van der Waals surface area contributed by atoms with E-state index in [9.17, 15) is 14.7 Å². The van der Waals surface area contributed by atoms with E-state index in [1.807, 2.05) is 34.6 Å². The molecule has 1 aliphatic heterocycles. The van der Waals surface area contributed by atoms with Gasteiger partial charge in [-0.05, 0) is 25.7 Å². The van der Waals surface area contributed by atoms with Crippen LogP contribution in [0, 0.1) is 11.3 Å². The minimum absolute atomic E-state index is 0.0493. The number of nitrogens with one attached hydrogen (secondary N) is 1. The molecule has 0 aliphatic carbocycles. The van der Waals surface area contributed by atoms with Crippen LogP contribution in [0.3, 0.4) is 0 Å². The maximum Gasteiger partial charge on any atom is 0.227 e. The first-order valence-corrected chi connectivity index (χ1v) is 8.42. The highest BCUT2D eigenvalue weighted by Gasteiger charge is 2.34. The summed E-state index contributed by atoms with van der Waals surface area (Å²) in [7, 11) is 0. The number of likely N-dealkylation sites (tertiary alicyclic amines) is 1. The van der Waals surface area contributed by atoms with Gasteiger partial charge in [0.1, 0.15) is 0 Å². The molecular formula is C17H32N2O3. The Morgan fingerprint density at radius 3 is 2.32 bits per heavy atom. The van der Waals surface area contributed by atoms with Crippen molar-refractivity contribution >= 4 is 11.8 Å². The van der Waals surface area contributed by atoms with E-state index in [2.05, 4.69) is 5.32 Å². The molecule has 0 saturated carbocycles.